The molecule has 0 saturated heterocycles. The predicted octanol–water partition coefficient (Wildman–Crippen LogP) is 3.30. The molecule has 0 fully saturated rings. The summed E-state index contributed by atoms with van der Waals surface area (Å²) in [7, 11) is 3.51. The number of rotatable bonds is 6. The average molecular weight is 428 g/mol. The van der Waals surface area contributed by atoms with Gasteiger partial charge in [0.05, 0.1) is 18.6 Å². The molecule has 1 aliphatic rings. The number of carbonyl (C=O) groups is 1. The molecule has 0 aliphatic carbocycles. The number of benzene rings is 2. The Balaban J connectivity index is 1.56. The van der Waals surface area contributed by atoms with Crippen molar-refractivity contribution in [3.8, 4) is 17.2 Å². The molecule has 0 spiro atoms. The summed E-state index contributed by atoms with van der Waals surface area (Å²) in [6.07, 6.45) is 3.70. The van der Waals surface area contributed by atoms with E-state index in [0.29, 0.717) is 29.7 Å². The highest BCUT2D eigenvalue weighted by Gasteiger charge is 2.22. The van der Waals surface area contributed by atoms with Crippen LogP contribution in [-0.4, -0.2) is 35.8 Å². The summed E-state index contributed by atoms with van der Waals surface area (Å²) in [6, 6.07) is 10.7. The number of aryl methyl sites for hydroxylation is 1. The normalized spacial score (nSPS) is 13.6. The Morgan fingerprint density at radius 2 is 2.03 bits per heavy atom. The first kappa shape index (κ1) is 20.1. The van der Waals surface area contributed by atoms with Crippen molar-refractivity contribution >= 4 is 17.5 Å². The number of hydrogen-bond acceptors (Lipinski definition) is 5. The lowest BCUT2D eigenvalue weighted by atomic mass is 10.0. The first-order valence-electron chi connectivity index (χ1n) is 9.53. The van der Waals surface area contributed by atoms with Gasteiger partial charge >= 0.3 is 0 Å². The fourth-order valence-corrected chi connectivity index (χ4v) is 3.70. The Hall–Kier alpha value is -3.19. The summed E-state index contributed by atoms with van der Waals surface area (Å²) >= 11 is 6.30. The van der Waals surface area contributed by atoms with Crippen LogP contribution in [0.4, 0.5) is 0 Å². The number of aromatic nitrogens is 2. The van der Waals surface area contributed by atoms with Crippen LogP contribution in [0.5, 0.6) is 17.2 Å². The van der Waals surface area contributed by atoms with E-state index in [2.05, 4.69) is 10.3 Å². The Bertz CT molecular complexity index is 1050. The quantitative estimate of drug-likeness (QED) is 0.653. The molecule has 2 aromatic carbocycles. The van der Waals surface area contributed by atoms with Gasteiger partial charge in [-0.05, 0) is 35.4 Å². The average Bonchev–Trinajstić information content (AvgIpc) is 3.18. The molecule has 0 saturated carbocycles. The molecule has 8 heteroatoms. The number of amides is 1. The van der Waals surface area contributed by atoms with Crippen LogP contribution in [0.25, 0.3) is 0 Å². The lowest BCUT2D eigenvalue weighted by Crippen LogP contribution is -2.32. The number of methoxy groups -OCH3 is 1. The molecule has 2 heterocycles. The molecule has 4 rings (SSSR count). The Labute approximate surface area is 179 Å². The number of hydrogen-bond donors (Lipinski definition) is 1. The minimum atomic E-state index is -0.406. The molecule has 3 aromatic rings. The lowest BCUT2D eigenvalue weighted by Gasteiger charge is -2.21. The molecule has 1 atom stereocenters. The van der Waals surface area contributed by atoms with Crippen LogP contribution in [0.1, 0.15) is 23.0 Å². The van der Waals surface area contributed by atoms with Crippen molar-refractivity contribution in [1.29, 1.82) is 0 Å². The van der Waals surface area contributed by atoms with Gasteiger partial charge in [0.2, 0.25) is 5.91 Å². The van der Waals surface area contributed by atoms with E-state index in [-0.39, 0.29) is 12.3 Å². The van der Waals surface area contributed by atoms with Gasteiger partial charge in [0, 0.05) is 19.4 Å². The van der Waals surface area contributed by atoms with E-state index in [1.54, 1.807) is 25.4 Å². The van der Waals surface area contributed by atoms with E-state index >= 15 is 0 Å². The van der Waals surface area contributed by atoms with E-state index in [1.165, 1.54) is 0 Å². The second kappa shape index (κ2) is 8.67. The van der Waals surface area contributed by atoms with Gasteiger partial charge in [0.25, 0.3) is 0 Å². The lowest BCUT2D eigenvalue weighted by molar-refractivity contribution is -0.121. The zero-order chi connectivity index (χ0) is 21.1. The Morgan fingerprint density at radius 3 is 2.73 bits per heavy atom. The molecule has 1 aliphatic heterocycles. The molecule has 1 amide bonds. The zero-order valence-corrected chi connectivity index (χ0v) is 17.5. The predicted molar refractivity (Wildman–Crippen MR) is 112 cm³/mol. The van der Waals surface area contributed by atoms with Gasteiger partial charge in [0.1, 0.15) is 30.8 Å². The standard InChI is InChI=1S/C22H22ClN3O4/c1-26-8-7-24-22(26)20(15-3-5-16(28-2)6-4-15)25-19(27)13-14-11-17(23)21-18(12-14)29-9-10-30-21/h3-8,11-12,20H,9-10,13H2,1-2H3,(H,25,27)/t20-/m1/s1. The van der Waals surface area contributed by atoms with Gasteiger partial charge in [-0.3, -0.25) is 4.79 Å². The van der Waals surface area contributed by atoms with Crippen molar-refractivity contribution in [3.63, 3.8) is 0 Å². The van der Waals surface area contributed by atoms with Crippen LogP contribution in [0, 0.1) is 0 Å². The molecule has 1 N–H and O–H groups in total. The third-order valence-electron chi connectivity index (χ3n) is 4.89. The van der Waals surface area contributed by atoms with Gasteiger partial charge in [-0.1, -0.05) is 23.7 Å². The van der Waals surface area contributed by atoms with Crippen LogP contribution in [0.3, 0.4) is 0 Å². The summed E-state index contributed by atoms with van der Waals surface area (Å²) < 4.78 is 18.3. The third kappa shape index (κ3) is 4.21. The summed E-state index contributed by atoms with van der Waals surface area (Å²) in [5.74, 6) is 2.40. The van der Waals surface area contributed by atoms with E-state index < -0.39 is 6.04 Å². The Morgan fingerprint density at radius 1 is 1.27 bits per heavy atom. The highest BCUT2D eigenvalue weighted by molar-refractivity contribution is 6.32. The van der Waals surface area contributed by atoms with Crippen molar-refractivity contribution in [2.45, 2.75) is 12.5 Å². The van der Waals surface area contributed by atoms with Crippen molar-refractivity contribution in [1.82, 2.24) is 14.9 Å². The summed E-state index contributed by atoms with van der Waals surface area (Å²) in [4.78, 5) is 17.3. The first-order valence-corrected chi connectivity index (χ1v) is 9.91. The largest absolute Gasteiger partial charge is 0.497 e. The van der Waals surface area contributed by atoms with Crippen LogP contribution >= 0.6 is 11.6 Å². The van der Waals surface area contributed by atoms with Gasteiger partial charge in [-0.15, -0.1) is 0 Å². The van der Waals surface area contributed by atoms with E-state index in [0.717, 1.165) is 22.7 Å². The van der Waals surface area contributed by atoms with E-state index in [1.807, 2.05) is 42.1 Å². The minimum absolute atomic E-state index is 0.146. The first-order chi connectivity index (χ1) is 14.5. The smallest absolute Gasteiger partial charge is 0.225 e. The van der Waals surface area contributed by atoms with E-state index in [9.17, 15) is 4.79 Å². The SMILES string of the molecule is COc1ccc([C@@H](NC(=O)Cc2cc(Cl)c3c(c2)OCCO3)c2nccn2C)cc1. The second-order valence-corrected chi connectivity index (χ2v) is 7.36. The van der Waals surface area contributed by atoms with Crippen molar-refractivity contribution in [2.75, 3.05) is 20.3 Å². The molecular weight excluding hydrogens is 406 g/mol. The number of carbonyl (C=O) groups excluding carboxylic acids is 1. The van der Waals surface area contributed by atoms with Gasteiger partial charge in [-0.2, -0.15) is 0 Å². The molecule has 0 bridgehead atoms. The van der Waals surface area contributed by atoms with Gasteiger partial charge in [0.15, 0.2) is 11.5 Å². The fraction of sp³-hybridized carbons (Fsp3) is 0.273. The monoisotopic (exact) mass is 427 g/mol. The number of nitrogens with one attached hydrogen (secondary N) is 1. The Kier molecular flexibility index (Phi) is 5.81. The fourth-order valence-electron chi connectivity index (χ4n) is 3.41. The highest BCUT2D eigenvalue weighted by atomic mass is 35.5. The van der Waals surface area contributed by atoms with Gasteiger partial charge in [-0.25, -0.2) is 4.98 Å². The molecule has 0 radical (unpaired) electrons. The van der Waals surface area contributed by atoms with Crippen molar-refractivity contribution in [2.24, 2.45) is 7.05 Å². The molecule has 156 valence electrons. The minimum Gasteiger partial charge on any atom is -0.497 e. The van der Waals surface area contributed by atoms with Crippen molar-refractivity contribution in [3.05, 3.63) is 70.8 Å². The molecule has 1 aromatic heterocycles. The maximum Gasteiger partial charge on any atom is 0.225 e. The number of fused-ring (bicyclic) bond motifs is 1. The number of nitrogens with zero attached hydrogens (tertiary/aromatic N) is 2. The number of ether oxygens (including phenoxy) is 3. The molecular formula is C22H22ClN3O4. The van der Waals surface area contributed by atoms with Crippen LogP contribution in [0.2, 0.25) is 5.02 Å². The topological polar surface area (TPSA) is 74.6 Å². The van der Waals surface area contributed by atoms with Crippen LogP contribution in [0.15, 0.2) is 48.8 Å². The maximum atomic E-state index is 12.9. The maximum absolute atomic E-state index is 12.9. The molecule has 30 heavy (non-hydrogen) atoms. The molecule has 7 nitrogen and oxygen atoms in total. The van der Waals surface area contributed by atoms with Crippen LogP contribution < -0.4 is 19.5 Å². The molecule has 0 unspecified atom stereocenters. The number of imidazole rings is 1. The van der Waals surface area contributed by atoms with Crippen molar-refractivity contribution < 1.29 is 19.0 Å². The zero-order valence-electron chi connectivity index (χ0n) is 16.7. The highest BCUT2D eigenvalue weighted by Crippen LogP contribution is 2.38. The second-order valence-electron chi connectivity index (χ2n) is 6.95. The van der Waals surface area contributed by atoms with E-state index in [4.69, 9.17) is 25.8 Å². The third-order valence-corrected chi connectivity index (χ3v) is 5.17. The summed E-state index contributed by atoms with van der Waals surface area (Å²) in [5, 5.41) is 3.52. The summed E-state index contributed by atoms with van der Waals surface area (Å²) in [6.45, 7) is 0.914. The summed E-state index contributed by atoms with van der Waals surface area (Å²) in [5.41, 5.74) is 1.65. The number of halogens is 1. The van der Waals surface area contributed by atoms with Crippen LogP contribution in [-0.2, 0) is 18.3 Å². The van der Waals surface area contributed by atoms with Gasteiger partial charge < -0.3 is 24.1 Å².